The predicted molar refractivity (Wildman–Crippen MR) is 67.6 cm³/mol. The van der Waals surface area contributed by atoms with Gasteiger partial charge in [-0.3, -0.25) is 0 Å². The summed E-state index contributed by atoms with van der Waals surface area (Å²) in [5.41, 5.74) is 4.22. The van der Waals surface area contributed by atoms with E-state index in [4.69, 9.17) is 0 Å². The second kappa shape index (κ2) is 5.42. The highest BCUT2D eigenvalue weighted by atomic mass is 79.9. The molecule has 1 aromatic carbocycles. The van der Waals surface area contributed by atoms with Gasteiger partial charge in [-0.2, -0.15) is 13.2 Å². The van der Waals surface area contributed by atoms with Crippen molar-refractivity contribution in [2.24, 2.45) is 0 Å². The maximum atomic E-state index is 12.2. The SMILES string of the molecule is Cc1cc(C)c(C(Br)CCC(F)(F)F)c(C)c1. The van der Waals surface area contributed by atoms with Crippen molar-refractivity contribution in [3.63, 3.8) is 0 Å². The van der Waals surface area contributed by atoms with E-state index in [1.165, 1.54) is 0 Å². The highest BCUT2D eigenvalue weighted by Gasteiger charge is 2.28. The van der Waals surface area contributed by atoms with Gasteiger partial charge in [-0.05, 0) is 43.9 Å². The largest absolute Gasteiger partial charge is 0.389 e. The summed E-state index contributed by atoms with van der Waals surface area (Å²) >= 11 is 3.36. The van der Waals surface area contributed by atoms with Crippen LogP contribution >= 0.6 is 15.9 Å². The Bertz CT molecular complexity index is 373. The molecule has 0 radical (unpaired) electrons. The average Bonchev–Trinajstić information content (AvgIpc) is 2.11. The third kappa shape index (κ3) is 4.34. The van der Waals surface area contributed by atoms with Crippen molar-refractivity contribution in [1.29, 1.82) is 0 Å². The molecule has 1 unspecified atom stereocenters. The Hall–Kier alpha value is -0.510. The molecule has 0 aliphatic heterocycles. The lowest BCUT2D eigenvalue weighted by atomic mass is 9.95. The highest BCUT2D eigenvalue weighted by Crippen LogP contribution is 2.36. The minimum atomic E-state index is -4.08. The van der Waals surface area contributed by atoms with E-state index >= 15 is 0 Å². The third-order valence-corrected chi connectivity index (χ3v) is 3.65. The fourth-order valence-electron chi connectivity index (χ4n) is 2.12. The minimum Gasteiger partial charge on any atom is -0.171 e. The van der Waals surface area contributed by atoms with Crippen molar-refractivity contribution in [2.75, 3.05) is 0 Å². The van der Waals surface area contributed by atoms with E-state index in [1.807, 2.05) is 32.9 Å². The van der Waals surface area contributed by atoms with Crippen LogP contribution in [-0.4, -0.2) is 6.18 Å². The molecule has 4 heteroatoms. The normalized spacial score (nSPS) is 13.8. The van der Waals surface area contributed by atoms with E-state index in [0.29, 0.717) is 0 Å². The van der Waals surface area contributed by atoms with Gasteiger partial charge in [0.05, 0.1) is 0 Å². The zero-order valence-corrected chi connectivity index (χ0v) is 11.7. The monoisotopic (exact) mass is 308 g/mol. The van der Waals surface area contributed by atoms with Crippen molar-refractivity contribution in [2.45, 2.75) is 44.6 Å². The van der Waals surface area contributed by atoms with Gasteiger partial charge in [0.2, 0.25) is 0 Å². The van der Waals surface area contributed by atoms with E-state index in [0.717, 1.165) is 22.3 Å². The molecule has 96 valence electrons. The molecule has 0 spiro atoms. The first-order valence-electron chi connectivity index (χ1n) is 5.49. The predicted octanol–water partition coefficient (Wildman–Crippen LogP) is 5.39. The van der Waals surface area contributed by atoms with Crippen LogP contribution in [0.5, 0.6) is 0 Å². The van der Waals surface area contributed by atoms with E-state index in [9.17, 15) is 13.2 Å². The van der Waals surface area contributed by atoms with Crippen molar-refractivity contribution >= 4 is 15.9 Å². The van der Waals surface area contributed by atoms with E-state index in [1.54, 1.807) is 0 Å². The van der Waals surface area contributed by atoms with Crippen molar-refractivity contribution in [1.82, 2.24) is 0 Å². The summed E-state index contributed by atoms with van der Waals surface area (Å²) in [6.07, 6.45) is -4.76. The molecule has 17 heavy (non-hydrogen) atoms. The summed E-state index contributed by atoms with van der Waals surface area (Å²) in [4.78, 5) is -0.232. The number of aryl methyl sites for hydroxylation is 3. The first kappa shape index (κ1) is 14.6. The average molecular weight is 309 g/mol. The maximum absolute atomic E-state index is 12.2. The topological polar surface area (TPSA) is 0 Å². The summed E-state index contributed by atoms with van der Waals surface area (Å²) in [6.45, 7) is 5.87. The van der Waals surface area contributed by atoms with Gasteiger partial charge in [-0.1, -0.05) is 33.6 Å². The lowest BCUT2D eigenvalue weighted by molar-refractivity contribution is -0.135. The molecule has 0 nitrogen and oxygen atoms in total. The molecule has 0 aliphatic carbocycles. The summed E-state index contributed by atoms with van der Waals surface area (Å²) in [5.74, 6) is 0. The first-order chi connectivity index (χ1) is 7.70. The van der Waals surface area contributed by atoms with Crippen LogP contribution < -0.4 is 0 Å². The van der Waals surface area contributed by atoms with Crippen LogP contribution in [0.15, 0.2) is 12.1 Å². The summed E-state index contributed by atoms with van der Waals surface area (Å²) in [5, 5.41) is 0. The number of hydrogen-bond acceptors (Lipinski definition) is 0. The Morgan fingerprint density at radius 3 is 2.00 bits per heavy atom. The van der Waals surface area contributed by atoms with Gasteiger partial charge in [0.25, 0.3) is 0 Å². The quantitative estimate of drug-likeness (QED) is 0.657. The zero-order chi connectivity index (χ0) is 13.2. The third-order valence-electron chi connectivity index (χ3n) is 2.73. The Morgan fingerprint density at radius 1 is 1.12 bits per heavy atom. The Morgan fingerprint density at radius 2 is 1.59 bits per heavy atom. The van der Waals surface area contributed by atoms with E-state index < -0.39 is 12.6 Å². The molecule has 0 aliphatic rings. The molecular formula is C13H16BrF3. The molecule has 0 aromatic heterocycles. The van der Waals surface area contributed by atoms with Gasteiger partial charge in [-0.25, -0.2) is 0 Å². The molecule has 1 aromatic rings. The summed E-state index contributed by atoms with van der Waals surface area (Å²) in [6, 6.07) is 4.01. The Balaban J connectivity index is 2.86. The molecule has 1 rings (SSSR count). The Kier molecular flexibility index (Phi) is 4.64. The number of rotatable bonds is 3. The molecule has 1 atom stereocenters. The molecular weight excluding hydrogens is 293 g/mol. The minimum absolute atomic E-state index is 0.0776. The van der Waals surface area contributed by atoms with Gasteiger partial charge in [0.1, 0.15) is 0 Å². The molecule has 0 amide bonds. The van der Waals surface area contributed by atoms with Crippen molar-refractivity contribution in [3.8, 4) is 0 Å². The van der Waals surface area contributed by atoms with Crippen LogP contribution in [0.4, 0.5) is 13.2 Å². The molecule has 0 saturated heterocycles. The summed E-state index contributed by atoms with van der Waals surface area (Å²) < 4.78 is 36.5. The Labute approximate surface area is 108 Å². The van der Waals surface area contributed by atoms with Crippen LogP contribution in [0.25, 0.3) is 0 Å². The first-order valence-corrected chi connectivity index (χ1v) is 6.41. The lowest BCUT2D eigenvalue weighted by Crippen LogP contribution is -2.09. The van der Waals surface area contributed by atoms with Gasteiger partial charge in [0.15, 0.2) is 0 Å². The van der Waals surface area contributed by atoms with Crippen LogP contribution in [0, 0.1) is 20.8 Å². The second-order valence-electron chi connectivity index (χ2n) is 4.43. The number of hydrogen-bond donors (Lipinski definition) is 0. The van der Waals surface area contributed by atoms with Gasteiger partial charge in [0, 0.05) is 11.2 Å². The van der Waals surface area contributed by atoms with Crippen molar-refractivity contribution < 1.29 is 13.2 Å². The van der Waals surface area contributed by atoms with Crippen LogP contribution in [0.3, 0.4) is 0 Å². The number of benzene rings is 1. The van der Waals surface area contributed by atoms with Gasteiger partial charge >= 0.3 is 6.18 Å². The molecule has 0 saturated carbocycles. The van der Waals surface area contributed by atoms with Gasteiger partial charge in [-0.15, -0.1) is 0 Å². The summed E-state index contributed by atoms with van der Waals surface area (Å²) in [7, 11) is 0. The molecule has 0 N–H and O–H groups in total. The smallest absolute Gasteiger partial charge is 0.171 e. The van der Waals surface area contributed by atoms with Crippen molar-refractivity contribution in [3.05, 3.63) is 34.4 Å². The van der Waals surface area contributed by atoms with Gasteiger partial charge < -0.3 is 0 Å². The van der Waals surface area contributed by atoms with Crippen LogP contribution in [0.2, 0.25) is 0 Å². The second-order valence-corrected chi connectivity index (χ2v) is 5.54. The fraction of sp³-hybridized carbons (Fsp3) is 0.538. The standard InChI is InChI=1S/C13H16BrF3/c1-8-6-9(2)12(10(3)7-8)11(14)4-5-13(15,16)17/h6-7,11H,4-5H2,1-3H3. The zero-order valence-electron chi connectivity index (χ0n) is 10.2. The van der Waals surface area contributed by atoms with E-state index in [2.05, 4.69) is 15.9 Å². The molecule has 0 bridgehead atoms. The van der Waals surface area contributed by atoms with E-state index in [-0.39, 0.29) is 11.2 Å². The highest BCUT2D eigenvalue weighted by molar-refractivity contribution is 9.09. The molecule has 0 heterocycles. The maximum Gasteiger partial charge on any atom is 0.389 e. The van der Waals surface area contributed by atoms with Crippen LogP contribution in [-0.2, 0) is 0 Å². The number of alkyl halides is 4. The number of halogens is 4. The molecule has 0 fully saturated rings. The van der Waals surface area contributed by atoms with Crippen LogP contribution in [0.1, 0.15) is 39.9 Å². The fourth-order valence-corrected chi connectivity index (χ4v) is 3.07. The lowest BCUT2D eigenvalue weighted by Gasteiger charge is -2.17.